The first kappa shape index (κ1) is 9.59. The van der Waals surface area contributed by atoms with E-state index < -0.39 is 0 Å². The summed E-state index contributed by atoms with van der Waals surface area (Å²) in [6, 6.07) is 4.19. The van der Waals surface area contributed by atoms with Gasteiger partial charge in [0.15, 0.2) is 0 Å². The van der Waals surface area contributed by atoms with E-state index in [9.17, 15) is 4.79 Å². The molecule has 80 valence electrons. The standard InChI is InChI=1S/C13H16OS/c14-13(4-3-12-2-1-5-15-12)11-7-9-6-10(9)8-11/h1-2,5,9-11H,3-4,6-8H2. The molecule has 1 aromatic rings. The molecule has 2 fully saturated rings. The van der Waals surface area contributed by atoms with Gasteiger partial charge in [0.1, 0.15) is 5.78 Å². The van der Waals surface area contributed by atoms with E-state index in [0.717, 1.165) is 24.7 Å². The smallest absolute Gasteiger partial charge is 0.136 e. The van der Waals surface area contributed by atoms with Crippen molar-refractivity contribution in [2.24, 2.45) is 17.8 Å². The number of rotatable bonds is 4. The molecule has 0 radical (unpaired) electrons. The molecule has 0 bridgehead atoms. The fourth-order valence-corrected chi connectivity index (χ4v) is 3.59. The van der Waals surface area contributed by atoms with Crippen LogP contribution in [0.4, 0.5) is 0 Å². The van der Waals surface area contributed by atoms with Gasteiger partial charge < -0.3 is 0 Å². The molecule has 1 aromatic heterocycles. The fourth-order valence-electron chi connectivity index (χ4n) is 2.88. The Morgan fingerprint density at radius 1 is 1.33 bits per heavy atom. The van der Waals surface area contributed by atoms with Crippen molar-refractivity contribution in [3.63, 3.8) is 0 Å². The largest absolute Gasteiger partial charge is 0.299 e. The average Bonchev–Trinajstić information content (AvgIpc) is 2.75. The van der Waals surface area contributed by atoms with Crippen LogP contribution in [-0.2, 0) is 11.2 Å². The predicted molar refractivity (Wildman–Crippen MR) is 62.0 cm³/mol. The Morgan fingerprint density at radius 2 is 2.13 bits per heavy atom. The molecule has 1 heterocycles. The van der Waals surface area contributed by atoms with Crippen LogP contribution in [0.15, 0.2) is 17.5 Å². The fraction of sp³-hybridized carbons (Fsp3) is 0.615. The molecule has 2 aliphatic carbocycles. The number of Topliss-reactive ketones (excluding diaryl/α,β-unsaturated/α-hetero) is 1. The lowest BCUT2D eigenvalue weighted by atomic mass is 9.95. The van der Waals surface area contributed by atoms with Crippen molar-refractivity contribution in [3.05, 3.63) is 22.4 Å². The number of fused-ring (bicyclic) bond motifs is 1. The molecule has 2 heteroatoms. The summed E-state index contributed by atoms with van der Waals surface area (Å²) in [5, 5.41) is 2.09. The van der Waals surface area contributed by atoms with E-state index in [4.69, 9.17) is 0 Å². The van der Waals surface area contributed by atoms with E-state index in [-0.39, 0.29) is 0 Å². The minimum atomic E-state index is 0.425. The summed E-state index contributed by atoms with van der Waals surface area (Å²) < 4.78 is 0. The lowest BCUT2D eigenvalue weighted by Gasteiger charge is -2.09. The average molecular weight is 220 g/mol. The molecule has 0 aromatic carbocycles. The molecule has 2 atom stereocenters. The Kier molecular flexibility index (Phi) is 2.39. The number of thiophene rings is 1. The van der Waals surface area contributed by atoms with E-state index in [1.54, 1.807) is 11.3 Å². The van der Waals surface area contributed by atoms with Crippen molar-refractivity contribution in [2.45, 2.75) is 32.1 Å². The molecular weight excluding hydrogens is 204 g/mol. The van der Waals surface area contributed by atoms with Crippen molar-refractivity contribution in [1.29, 1.82) is 0 Å². The number of ketones is 1. The molecule has 1 nitrogen and oxygen atoms in total. The minimum absolute atomic E-state index is 0.425. The monoisotopic (exact) mass is 220 g/mol. The summed E-state index contributed by atoms with van der Waals surface area (Å²) in [4.78, 5) is 13.3. The van der Waals surface area contributed by atoms with Crippen LogP contribution in [0.25, 0.3) is 0 Å². The number of hydrogen-bond donors (Lipinski definition) is 0. The summed E-state index contributed by atoms with van der Waals surface area (Å²) in [6.45, 7) is 0. The van der Waals surface area contributed by atoms with Crippen LogP contribution in [0.2, 0.25) is 0 Å². The zero-order valence-electron chi connectivity index (χ0n) is 8.82. The van der Waals surface area contributed by atoms with Gasteiger partial charge in [-0.1, -0.05) is 6.07 Å². The van der Waals surface area contributed by atoms with Gasteiger partial charge in [0.25, 0.3) is 0 Å². The van der Waals surface area contributed by atoms with E-state index in [1.807, 2.05) is 0 Å². The van der Waals surface area contributed by atoms with Gasteiger partial charge in [-0.2, -0.15) is 0 Å². The molecule has 15 heavy (non-hydrogen) atoms. The van der Waals surface area contributed by atoms with Crippen molar-refractivity contribution in [1.82, 2.24) is 0 Å². The second-order valence-electron chi connectivity index (χ2n) is 4.97. The first-order chi connectivity index (χ1) is 7.33. The molecule has 0 aliphatic heterocycles. The lowest BCUT2D eigenvalue weighted by molar-refractivity contribution is -0.122. The zero-order chi connectivity index (χ0) is 10.3. The normalized spacial score (nSPS) is 32.7. The first-order valence-electron chi connectivity index (χ1n) is 5.88. The summed E-state index contributed by atoms with van der Waals surface area (Å²) in [6.07, 6.45) is 5.55. The van der Waals surface area contributed by atoms with Crippen molar-refractivity contribution >= 4 is 17.1 Å². The highest BCUT2D eigenvalue weighted by atomic mass is 32.1. The number of hydrogen-bond acceptors (Lipinski definition) is 2. The highest BCUT2D eigenvalue weighted by molar-refractivity contribution is 7.09. The topological polar surface area (TPSA) is 17.1 Å². The highest BCUT2D eigenvalue weighted by Gasteiger charge is 2.47. The molecule has 3 rings (SSSR count). The zero-order valence-corrected chi connectivity index (χ0v) is 9.63. The van der Waals surface area contributed by atoms with Gasteiger partial charge in [-0.15, -0.1) is 11.3 Å². The van der Waals surface area contributed by atoms with Gasteiger partial charge in [0.2, 0.25) is 0 Å². The van der Waals surface area contributed by atoms with Crippen LogP contribution < -0.4 is 0 Å². The Morgan fingerprint density at radius 3 is 2.80 bits per heavy atom. The van der Waals surface area contributed by atoms with Crippen LogP contribution in [0.1, 0.15) is 30.6 Å². The Bertz CT molecular complexity index is 345. The Hall–Kier alpha value is -0.630. The van der Waals surface area contributed by atoms with Crippen LogP contribution in [-0.4, -0.2) is 5.78 Å². The van der Waals surface area contributed by atoms with Crippen molar-refractivity contribution < 1.29 is 4.79 Å². The van der Waals surface area contributed by atoms with Gasteiger partial charge in [0.05, 0.1) is 0 Å². The Labute approximate surface area is 94.5 Å². The molecule has 2 unspecified atom stereocenters. The van der Waals surface area contributed by atoms with E-state index >= 15 is 0 Å². The maximum atomic E-state index is 11.9. The maximum absolute atomic E-state index is 11.9. The number of carbonyl (C=O) groups is 1. The second kappa shape index (κ2) is 3.75. The van der Waals surface area contributed by atoms with Gasteiger partial charge in [-0.3, -0.25) is 4.79 Å². The van der Waals surface area contributed by atoms with Gasteiger partial charge in [-0.05, 0) is 49.0 Å². The van der Waals surface area contributed by atoms with E-state index in [0.29, 0.717) is 11.7 Å². The van der Waals surface area contributed by atoms with Crippen molar-refractivity contribution in [2.75, 3.05) is 0 Å². The first-order valence-corrected chi connectivity index (χ1v) is 6.76. The SMILES string of the molecule is O=C(CCc1cccs1)C1CC2CC2C1. The lowest BCUT2D eigenvalue weighted by Crippen LogP contribution is -2.13. The summed E-state index contributed by atoms with van der Waals surface area (Å²) in [5.41, 5.74) is 0. The van der Waals surface area contributed by atoms with Crippen LogP contribution in [0, 0.1) is 17.8 Å². The number of carbonyl (C=O) groups excluding carboxylic acids is 1. The quantitative estimate of drug-likeness (QED) is 0.761. The Balaban J connectivity index is 1.49. The van der Waals surface area contributed by atoms with Gasteiger partial charge in [0, 0.05) is 17.2 Å². The third-order valence-corrected chi connectivity index (χ3v) is 4.83. The molecular formula is C13H16OS. The number of aryl methyl sites for hydroxylation is 1. The summed E-state index contributed by atoms with van der Waals surface area (Å²) in [7, 11) is 0. The second-order valence-corrected chi connectivity index (χ2v) is 6.00. The minimum Gasteiger partial charge on any atom is -0.299 e. The van der Waals surface area contributed by atoms with Gasteiger partial charge in [-0.25, -0.2) is 0 Å². The van der Waals surface area contributed by atoms with Crippen LogP contribution in [0.5, 0.6) is 0 Å². The highest BCUT2D eigenvalue weighted by Crippen LogP contribution is 2.54. The summed E-state index contributed by atoms with van der Waals surface area (Å²) >= 11 is 1.76. The van der Waals surface area contributed by atoms with Gasteiger partial charge >= 0.3 is 0 Å². The molecule has 0 N–H and O–H groups in total. The predicted octanol–water partition coefficient (Wildman–Crippen LogP) is 3.30. The third-order valence-electron chi connectivity index (χ3n) is 3.90. The van der Waals surface area contributed by atoms with Crippen LogP contribution >= 0.6 is 11.3 Å². The molecule has 2 aliphatic rings. The molecule has 0 spiro atoms. The maximum Gasteiger partial charge on any atom is 0.136 e. The third kappa shape index (κ3) is 2.00. The van der Waals surface area contributed by atoms with Crippen molar-refractivity contribution in [3.8, 4) is 0 Å². The molecule has 0 amide bonds. The van der Waals surface area contributed by atoms with Crippen LogP contribution in [0.3, 0.4) is 0 Å². The molecule has 0 saturated heterocycles. The molecule has 2 saturated carbocycles. The van der Waals surface area contributed by atoms with E-state index in [2.05, 4.69) is 17.5 Å². The summed E-state index contributed by atoms with van der Waals surface area (Å²) in [5.74, 6) is 2.81. The van der Waals surface area contributed by atoms with E-state index in [1.165, 1.54) is 24.1 Å².